The summed E-state index contributed by atoms with van der Waals surface area (Å²) in [6, 6.07) is 10.5. The standard InChI is InChI=1S/C13H20OSi/c1-13(2,14)10-11-15(3,4)12-8-6-5-7-9-12/h5-11,14H,1-4H3/b11-10+. The summed E-state index contributed by atoms with van der Waals surface area (Å²) in [7, 11) is -1.53. The number of benzene rings is 1. The van der Waals surface area contributed by atoms with Crippen molar-refractivity contribution in [1.82, 2.24) is 0 Å². The minimum absolute atomic E-state index is 0.709. The van der Waals surface area contributed by atoms with E-state index < -0.39 is 13.7 Å². The van der Waals surface area contributed by atoms with Gasteiger partial charge >= 0.3 is 0 Å². The highest BCUT2D eigenvalue weighted by Gasteiger charge is 2.20. The fourth-order valence-corrected chi connectivity index (χ4v) is 3.44. The van der Waals surface area contributed by atoms with Crippen molar-refractivity contribution in [1.29, 1.82) is 0 Å². The molecule has 1 aromatic rings. The van der Waals surface area contributed by atoms with Crippen LogP contribution >= 0.6 is 0 Å². The molecule has 0 atom stereocenters. The zero-order valence-corrected chi connectivity index (χ0v) is 11.0. The van der Waals surface area contributed by atoms with Crippen LogP contribution in [0.4, 0.5) is 0 Å². The van der Waals surface area contributed by atoms with E-state index >= 15 is 0 Å². The predicted octanol–water partition coefficient (Wildman–Crippen LogP) is 2.47. The second kappa shape index (κ2) is 4.33. The first-order chi connectivity index (χ1) is 6.81. The topological polar surface area (TPSA) is 20.2 Å². The van der Waals surface area contributed by atoms with E-state index in [1.807, 2.05) is 12.1 Å². The van der Waals surface area contributed by atoms with Gasteiger partial charge in [-0.05, 0) is 13.8 Å². The average molecular weight is 220 g/mol. The van der Waals surface area contributed by atoms with Crippen LogP contribution in [0.3, 0.4) is 0 Å². The molecule has 0 aliphatic carbocycles. The van der Waals surface area contributed by atoms with E-state index in [-0.39, 0.29) is 0 Å². The largest absolute Gasteiger partial charge is 0.386 e. The molecule has 0 aliphatic heterocycles. The molecular weight excluding hydrogens is 200 g/mol. The molecule has 0 spiro atoms. The summed E-state index contributed by atoms with van der Waals surface area (Å²) < 4.78 is 0. The Balaban J connectivity index is 2.90. The molecule has 0 amide bonds. The first kappa shape index (κ1) is 12.2. The Kier molecular flexibility index (Phi) is 3.53. The fourth-order valence-electron chi connectivity index (χ4n) is 1.38. The third-order valence-corrected chi connectivity index (χ3v) is 5.25. The maximum Gasteiger partial charge on any atom is 0.103 e. The Hall–Kier alpha value is -0.863. The SMILES string of the molecule is CC(C)(O)/C=C/[Si](C)(C)c1ccccc1. The van der Waals surface area contributed by atoms with Crippen LogP contribution in [0.2, 0.25) is 13.1 Å². The summed E-state index contributed by atoms with van der Waals surface area (Å²) in [5.41, 5.74) is 1.49. The van der Waals surface area contributed by atoms with Crippen molar-refractivity contribution >= 4 is 13.3 Å². The van der Waals surface area contributed by atoms with Gasteiger partial charge in [-0.15, -0.1) is 0 Å². The normalized spacial score (nSPS) is 13.4. The van der Waals surface area contributed by atoms with E-state index in [4.69, 9.17) is 0 Å². The number of rotatable bonds is 3. The van der Waals surface area contributed by atoms with E-state index in [1.165, 1.54) is 5.19 Å². The molecule has 82 valence electrons. The molecule has 1 rings (SSSR count). The van der Waals surface area contributed by atoms with Gasteiger partial charge in [-0.2, -0.15) is 0 Å². The van der Waals surface area contributed by atoms with Crippen LogP contribution in [-0.4, -0.2) is 18.8 Å². The van der Waals surface area contributed by atoms with Crippen LogP contribution in [0.5, 0.6) is 0 Å². The number of aliphatic hydroxyl groups is 1. The maximum atomic E-state index is 9.66. The molecule has 15 heavy (non-hydrogen) atoms. The molecule has 0 bridgehead atoms. The van der Waals surface area contributed by atoms with Gasteiger partial charge in [0, 0.05) is 0 Å². The molecule has 1 N–H and O–H groups in total. The van der Waals surface area contributed by atoms with Gasteiger partial charge in [0.1, 0.15) is 8.07 Å². The minimum atomic E-state index is -1.53. The number of hydrogen-bond donors (Lipinski definition) is 1. The summed E-state index contributed by atoms with van der Waals surface area (Å²) in [6.45, 7) is 8.17. The van der Waals surface area contributed by atoms with Crippen molar-refractivity contribution in [2.45, 2.75) is 32.5 Å². The van der Waals surface area contributed by atoms with Gasteiger partial charge in [0.05, 0.1) is 5.60 Å². The fraction of sp³-hybridized carbons (Fsp3) is 0.385. The van der Waals surface area contributed by atoms with Gasteiger partial charge < -0.3 is 5.11 Å². The second-order valence-corrected chi connectivity index (χ2v) is 9.43. The van der Waals surface area contributed by atoms with E-state index in [0.29, 0.717) is 0 Å². The molecule has 0 saturated carbocycles. The first-order valence-corrected chi connectivity index (χ1v) is 8.37. The molecule has 0 unspecified atom stereocenters. The monoisotopic (exact) mass is 220 g/mol. The predicted molar refractivity (Wildman–Crippen MR) is 69.0 cm³/mol. The molecule has 2 heteroatoms. The van der Waals surface area contributed by atoms with E-state index in [9.17, 15) is 5.11 Å². The van der Waals surface area contributed by atoms with Crippen LogP contribution in [-0.2, 0) is 0 Å². The Labute approximate surface area is 93.5 Å². The van der Waals surface area contributed by atoms with Crippen LogP contribution in [0.25, 0.3) is 0 Å². The Bertz CT molecular complexity index is 333. The lowest BCUT2D eigenvalue weighted by atomic mass is 10.1. The van der Waals surface area contributed by atoms with E-state index in [2.05, 4.69) is 43.1 Å². The third kappa shape index (κ3) is 4.02. The molecule has 0 fully saturated rings. The lowest BCUT2D eigenvalue weighted by Gasteiger charge is -2.20. The van der Waals surface area contributed by atoms with Crippen LogP contribution in [0, 0.1) is 0 Å². The van der Waals surface area contributed by atoms with E-state index in [0.717, 1.165) is 0 Å². The molecule has 0 aromatic heterocycles. The van der Waals surface area contributed by atoms with Crippen molar-refractivity contribution in [3.05, 3.63) is 42.1 Å². The van der Waals surface area contributed by atoms with Gasteiger partial charge in [0.25, 0.3) is 0 Å². The smallest absolute Gasteiger partial charge is 0.103 e. The highest BCUT2D eigenvalue weighted by Crippen LogP contribution is 2.09. The zero-order chi connectivity index (χ0) is 11.5. The molecule has 0 saturated heterocycles. The second-order valence-electron chi connectivity index (χ2n) is 5.07. The molecule has 0 heterocycles. The average Bonchev–Trinajstić information content (AvgIpc) is 2.16. The van der Waals surface area contributed by atoms with Crippen molar-refractivity contribution in [3.63, 3.8) is 0 Å². The van der Waals surface area contributed by atoms with Crippen LogP contribution < -0.4 is 5.19 Å². The summed E-state index contributed by atoms with van der Waals surface area (Å²) in [4.78, 5) is 0. The summed E-state index contributed by atoms with van der Waals surface area (Å²) in [6.07, 6.45) is 1.91. The molecule has 1 aromatic carbocycles. The van der Waals surface area contributed by atoms with Gasteiger partial charge in [-0.1, -0.05) is 60.4 Å². The highest BCUT2D eigenvalue weighted by atomic mass is 28.3. The maximum absolute atomic E-state index is 9.66. The summed E-state index contributed by atoms with van der Waals surface area (Å²) in [5, 5.41) is 11.1. The minimum Gasteiger partial charge on any atom is -0.386 e. The zero-order valence-electron chi connectivity index (χ0n) is 9.99. The van der Waals surface area contributed by atoms with Gasteiger partial charge in [-0.3, -0.25) is 0 Å². The van der Waals surface area contributed by atoms with Crippen LogP contribution in [0.1, 0.15) is 13.8 Å². The first-order valence-electron chi connectivity index (χ1n) is 5.29. The van der Waals surface area contributed by atoms with Crippen molar-refractivity contribution in [3.8, 4) is 0 Å². The lowest BCUT2D eigenvalue weighted by Crippen LogP contribution is -2.40. The van der Waals surface area contributed by atoms with E-state index in [1.54, 1.807) is 13.8 Å². The molecular formula is C13H20OSi. The van der Waals surface area contributed by atoms with Crippen LogP contribution in [0.15, 0.2) is 42.1 Å². The van der Waals surface area contributed by atoms with Gasteiger partial charge in [-0.25, -0.2) is 0 Å². The summed E-state index contributed by atoms with van der Waals surface area (Å²) >= 11 is 0. The highest BCUT2D eigenvalue weighted by molar-refractivity contribution is 6.93. The van der Waals surface area contributed by atoms with Gasteiger partial charge in [0.2, 0.25) is 0 Å². The molecule has 0 radical (unpaired) electrons. The molecule has 0 aliphatic rings. The third-order valence-electron chi connectivity index (χ3n) is 2.43. The lowest BCUT2D eigenvalue weighted by molar-refractivity contribution is 0.133. The van der Waals surface area contributed by atoms with Gasteiger partial charge in [0.15, 0.2) is 0 Å². The molecule has 1 nitrogen and oxygen atoms in total. The Morgan fingerprint density at radius 2 is 1.67 bits per heavy atom. The van der Waals surface area contributed by atoms with Crippen molar-refractivity contribution in [2.24, 2.45) is 0 Å². The van der Waals surface area contributed by atoms with Crippen molar-refractivity contribution in [2.75, 3.05) is 0 Å². The Morgan fingerprint density at radius 1 is 1.13 bits per heavy atom. The van der Waals surface area contributed by atoms with Crippen molar-refractivity contribution < 1.29 is 5.11 Å². The number of hydrogen-bond acceptors (Lipinski definition) is 1. The quantitative estimate of drug-likeness (QED) is 0.776. The Morgan fingerprint density at radius 3 is 2.13 bits per heavy atom. The summed E-state index contributed by atoms with van der Waals surface area (Å²) in [5.74, 6) is 0.